The summed E-state index contributed by atoms with van der Waals surface area (Å²) in [7, 11) is 0. The van der Waals surface area contributed by atoms with Crippen LogP contribution in [0.5, 0.6) is 0 Å². The van der Waals surface area contributed by atoms with Gasteiger partial charge in [-0.25, -0.2) is 4.98 Å². The molecule has 5 nitrogen and oxygen atoms in total. The van der Waals surface area contributed by atoms with Gasteiger partial charge in [0.2, 0.25) is 11.1 Å². The van der Waals surface area contributed by atoms with Gasteiger partial charge in [-0.3, -0.25) is 9.89 Å². The normalized spacial score (nSPS) is 10.8. The van der Waals surface area contributed by atoms with E-state index in [1.54, 1.807) is 0 Å². The zero-order valence-corrected chi connectivity index (χ0v) is 17.2. The third-order valence-electron chi connectivity index (χ3n) is 3.88. The number of aryl methyl sites for hydroxylation is 3. The van der Waals surface area contributed by atoms with Gasteiger partial charge in [-0.05, 0) is 44.0 Å². The van der Waals surface area contributed by atoms with Crippen molar-refractivity contribution >= 4 is 39.3 Å². The molecule has 1 amide bonds. The number of carbonyl (C=O) groups excluding carboxylic acids is 1. The highest BCUT2D eigenvalue weighted by molar-refractivity contribution is 9.10. The molecule has 26 heavy (non-hydrogen) atoms. The number of rotatable bonds is 5. The first-order valence-corrected chi connectivity index (χ1v) is 9.89. The molecule has 1 heterocycles. The lowest BCUT2D eigenvalue weighted by atomic mass is 10.1. The first-order chi connectivity index (χ1) is 12.4. The van der Waals surface area contributed by atoms with Crippen molar-refractivity contribution in [2.45, 2.75) is 25.9 Å². The van der Waals surface area contributed by atoms with E-state index >= 15 is 0 Å². The number of benzene rings is 2. The summed E-state index contributed by atoms with van der Waals surface area (Å²) < 4.78 is 1.00. The van der Waals surface area contributed by atoms with Gasteiger partial charge in [0.15, 0.2) is 5.82 Å². The summed E-state index contributed by atoms with van der Waals surface area (Å²) in [5.74, 6) is 0.873. The molecular weight excluding hydrogens is 412 g/mol. The number of anilines is 1. The Morgan fingerprint density at radius 3 is 2.46 bits per heavy atom. The van der Waals surface area contributed by atoms with Crippen LogP contribution in [0, 0.1) is 20.8 Å². The number of aromatic amines is 1. The van der Waals surface area contributed by atoms with Crippen LogP contribution in [-0.2, 0) is 4.79 Å². The molecule has 7 heteroatoms. The Morgan fingerprint density at radius 1 is 1.15 bits per heavy atom. The first kappa shape index (κ1) is 18.7. The lowest BCUT2D eigenvalue weighted by Crippen LogP contribution is -2.16. The van der Waals surface area contributed by atoms with Gasteiger partial charge in [0.25, 0.3) is 0 Å². The third kappa shape index (κ3) is 4.53. The summed E-state index contributed by atoms with van der Waals surface area (Å²) >= 11 is 4.77. The molecule has 0 fully saturated rings. The van der Waals surface area contributed by atoms with Crippen LogP contribution in [0.15, 0.2) is 46.0 Å². The average molecular weight is 431 g/mol. The second kappa shape index (κ2) is 8.05. The molecule has 0 aliphatic carbocycles. The minimum Gasteiger partial charge on any atom is -0.325 e. The van der Waals surface area contributed by atoms with Crippen molar-refractivity contribution in [1.29, 1.82) is 0 Å². The molecule has 0 bridgehead atoms. The van der Waals surface area contributed by atoms with Crippen LogP contribution in [0.3, 0.4) is 0 Å². The smallest absolute Gasteiger partial charge is 0.234 e. The molecule has 0 unspecified atom stereocenters. The predicted molar refractivity (Wildman–Crippen MR) is 110 cm³/mol. The Labute approximate surface area is 165 Å². The summed E-state index contributed by atoms with van der Waals surface area (Å²) in [6.45, 7) is 5.99. The summed E-state index contributed by atoms with van der Waals surface area (Å²) in [5, 5.41) is 10.6. The van der Waals surface area contributed by atoms with Crippen LogP contribution in [0.25, 0.3) is 11.4 Å². The van der Waals surface area contributed by atoms with Crippen LogP contribution >= 0.6 is 27.7 Å². The molecular formula is C19H19BrN4OS. The number of hydrogen-bond acceptors (Lipinski definition) is 4. The molecule has 0 spiro atoms. The molecule has 0 aliphatic rings. The molecule has 3 aromatic rings. The van der Waals surface area contributed by atoms with Gasteiger partial charge >= 0.3 is 0 Å². The number of aromatic nitrogens is 3. The van der Waals surface area contributed by atoms with E-state index in [1.165, 1.54) is 17.3 Å². The zero-order valence-electron chi connectivity index (χ0n) is 14.8. The Bertz CT molecular complexity index is 914. The molecule has 0 saturated heterocycles. The number of nitrogens with one attached hydrogen (secondary N) is 2. The van der Waals surface area contributed by atoms with Gasteiger partial charge in [-0.15, -0.1) is 5.10 Å². The number of halogens is 1. The molecule has 0 radical (unpaired) electrons. The van der Waals surface area contributed by atoms with Crippen LogP contribution < -0.4 is 5.32 Å². The lowest BCUT2D eigenvalue weighted by Gasteiger charge is -2.11. The van der Waals surface area contributed by atoms with E-state index in [1.807, 2.05) is 57.2 Å². The number of thioether (sulfide) groups is 1. The zero-order chi connectivity index (χ0) is 18.7. The maximum Gasteiger partial charge on any atom is 0.234 e. The fourth-order valence-electron chi connectivity index (χ4n) is 2.56. The second-order valence-electron chi connectivity index (χ2n) is 6.08. The molecule has 0 saturated carbocycles. The van der Waals surface area contributed by atoms with Gasteiger partial charge in [0, 0.05) is 15.7 Å². The number of H-pyrrole nitrogens is 1. The van der Waals surface area contributed by atoms with E-state index in [-0.39, 0.29) is 11.7 Å². The molecule has 1 aromatic heterocycles. The maximum atomic E-state index is 12.3. The van der Waals surface area contributed by atoms with E-state index in [0.29, 0.717) is 11.0 Å². The van der Waals surface area contributed by atoms with Gasteiger partial charge in [-0.1, -0.05) is 57.5 Å². The summed E-state index contributed by atoms with van der Waals surface area (Å²) in [4.78, 5) is 16.7. The van der Waals surface area contributed by atoms with Gasteiger partial charge in [0.1, 0.15) is 0 Å². The van der Waals surface area contributed by atoms with Crippen molar-refractivity contribution in [2.24, 2.45) is 0 Å². The van der Waals surface area contributed by atoms with Gasteiger partial charge in [0.05, 0.1) is 5.75 Å². The second-order valence-corrected chi connectivity index (χ2v) is 7.94. The summed E-state index contributed by atoms with van der Waals surface area (Å²) in [6.07, 6.45) is 0. The number of carbonyl (C=O) groups is 1. The maximum absolute atomic E-state index is 12.3. The largest absolute Gasteiger partial charge is 0.325 e. The number of nitrogens with zero attached hydrogens (tertiary/aromatic N) is 2. The fourth-order valence-corrected chi connectivity index (χ4v) is 3.85. The average Bonchev–Trinajstić information content (AvgIpc) is 3.06. The van der Waals surface area contributed by atoms with Crippen LogP contribution in [0.4, 0.5) is 5.69 Å². The summed E-state index contributed by atoms with van der Waals surface area (Å²) in [5.41, 5.74) is 5.07. The van der Waals surface area contributed by atoms with Crippen LogP contribution in [0.1, 0.15) is 16.7 Å². The van der Waals surface area contributed by atoms with Gasteiger partial charge in [-0.2, -0.15) is 0 Å². The minimum absolute atomic E-state index is 0.0785. The highest BCUT2D eigenvalue weighted by Gasteiger charge is 2.11. The first-order valence-electron chi connectivity index (χ1n) is 8.11. The lowest BCUT2D eigenvalue weighted by molar-refractivity contribution is -0.113. The minimum atomic E-state index is -0.0785. The van der Waals surface area contributed by atoms with Gasteiger partial charge < -0.3 is 5.32 Å². The molecule has 134 valence electrons. The van der Waals surface area contributed by atoms with E-state index in [2.05, 4.69) is 36.4 Å². The van der Waals surface area contributed by atoms with E-state index in [0.717, 1.165) is 26.9 Å². The molecule has 2 N–H and O–H groups in total. The summed E-state index contributed by atoms with van der Waals surface area (Å²) in [6, 6.07) is 12.0. The Hall–Kier alpha value is -2.12. The molecule has 2 aromatic carbocycles. The van der Waals surface area contributed by atoms with Crippen molar-refractivity contribution in [1.82, 2.24) is 15.2 Å². The number of amides is 1. The topological polar surface area (TPSA) is 70.7 Å². The monoisotopic (exact) mass is 430 g/mol. The predicted octanol–water partition coefficient (Wildman–Crippen LogP) is 4.89. The van der Waals surface area contributed by atoms with E-state index < -0.39 is 0 Å². The van der Waals surface area contributed by atoms with Crippen molar-refractivity contribution in [3.05, 3.63) is 57.6 Å². The van der Waals surface area contributed by atoms with Crippen molar-refractivity contribution in [3.8, 4) is 11.4 Å². The Morgan fingerprint density at radius 2 is 1.81 bits per heavy atom. The quantitative estimate of drug-likeness (QED) is 0.565. The SMILES string of the molecule is Cc1ccc(-c2nc(SCC(=O)Nc3c(C)cc(Br)cc3C)n[nH]2)cc1. The van der Waals surface area contributed by atoms with Crippen molar-refractivity contribution in [2.75, 3.05) is 11.1 Å². The highest BCUT2D eigenvalue weighted by Crippen LogP contribution is 2.26. The van der Waals surface area contributed by atoms with E-state index in [4.69, 9.17) is 0 Å². The third-order valence-corrected chi connectivity index (χ3v) is 5.19. The van der Waals surface area contributed by atoms with Crippen molar-refractivity contribution < 1.29 is 4.79 Å². The van der Waals surface area contributed by atoms with Crippen LogP contribution in [0.2, 0.25) is 0 Å². The van der Waals surface area contributed by atoms with Crippen LogP contribution in [-0.4, -0.2) is 26.8 Å². The Balaban J connectivity index is 1.61. The molecule has 0 atom stereocenters. The van der Waals surface area contributed by atoms with E-state index in [9.17, 15) is 4.79 Å². The number of hydrogen-bond donors (Lipinski definition) is 2. The highest BCUT2D eigenvalue weighted by atomic mass is 79.9. The standard InChI is InChI=1S/C19H19BrN4OS/c1-11-4-6-14(7-5-11)18-22-19(24-23-18)26-10-16(25)21-17-12(2)8-15(20)9-13(17)3/h4-9H,10H2,1-3H3,(H,21,25)(H,22,23,24). The molecule has 0 aliphatic heterocycles. The fraction of sp³-hybridized carbons (Fsp3) is 0.211. The van der Waals surface area contributed by atoms with Crippen molar-refractivity contribution in [3.63, 3.8) is 0 Å². The Kier molecular flexibility index (Phi) is 5.78. The molecule has 3 rings (SSSR count).